The second-order valence-corrected chi connectivity index (χ2v) is 2.80. The summed E-state index contributed by atoms with van der Waals surface area (Å²) >= 11 is 8.79. The first kappa shape index (κ1) is 11.5. The fourth-order valence-corrected chi connectivity index (χ4v) is 1.62. The van der Waals surface area contributed by atoms with E-state index in [0.29, 0.717) is 15.9 Å². The standard InChI is InChI=1S/C7H5BrClF.Zn/c8-4-5-6(9)2-1-3-7(5)10;/h1-3H,4H2;. The van der Waals surface area contributed by atoms with E-state index >= 15 is 0 Å². The van der Waals surface area contributed by atoms with Crippen LogP contribution < -0.4 is 0 Å². The molecule has 0 aliphatic rings. The van der Waals surface area contributed by atoms with Gasteiger partial charge in [0.1, 0.15) is 5.82 Å². The van der Waals surface area contributed by atoms with Gasteiger partial charge in [0.05, 0.1) is 0 Å². The van der Waals surface area contributed by atoms with Gasteiger partial charge in [-0.15, -0.1) is 0 Å². The molecular formula is C7H5BrClFZn. The predicted molar refractivity (Wildman–Crippen MR) is 44.0 cm³/mol. The van der Waals surface area contributed by atoms with Crippen molar-refractivity contribution in [3.8, 4) is 0 Å². The van der Waals surface area contributed by atoms with Gasteiger partial charge in [-0.2, -0.15) is 0 Å². The summed E-state index contributed by atoms with van der Waals surface area (Å²) in [4.78, 5) is 0. The number of halogens is 3. The molecule has 0 saturated carbocycles. The molecule has 0 saturated heterocycles. The van der Waals surface area contributed by atoms with Crippen molar-refractivity contribution >= 4 is 27.5 Å². The molecule has 0 nitrogen and oxygen atoms in total. The van der Waals surface area contributed by atoms with E-state index in [1.165, 1.54) is 6.07 Å². The Balaban J connectivity index is 0.000001000. The van der Waals surface area contributed by atoms with E-state index in [1.54, 1.807) is 12.1 Å². The van der Waals surface area contributed by atoms with Crippen LogP contribution in [-0.2, 0) is 24.8 Å². The van der Waals surface area contributed by atoms with Crippen molar-refractivity contribution in [3.05, 3.63) is 34.6 Å². The van der Waals surface area contributed by atoms with Crippen LogP contribution in [0.4, 0.5) is 4.39 Å². The zero-order valence-corrected chi connectivity index (χ0v) is 11.1. The van der Waals surface area contributed by atoms with Gasteiger partial charge in [0.15, 0.2) is 0 Å². The molecule has 4 heteroatoms. The Labute approximate surface area is 91.0 Å². The molecular weight excluding hydrogens is 284 g/mol. The van der Waals surface area contributed by atoms with Gasteiger partial charge in [-0.05, 0) is 12.1 Å². The van der Waals surface area contributed by atoms with Crippen LogP contribution in [-0.4, -0.2) is 0 Å². The van der Waals surface area contributed by atoms with Gasteiger partial charge in [0.2, 0.25) is 0 Å². The van der Waals surface area contributed by atoms with E-state index in [-0.39, 0.29) is 25.3 Å². The Morgan fingerprint density at radius 2 is 2.09 bits per heavy atom. The summed E-state index contributed by atoms with van der Waals surface area (Å²) in [5.41, 5.74) is 0.518. The van der Waals surface area contributed by atoms with E-state index < -0.39 is 0 Å². The zero-order chi connectivity index (χ0) is 7.56. The summed E-state index contributed by atoms with van der Waals surface area (Å²) in [6.07, 6.45) is 0. The molecule has 0 radical (unpaired) electrons. The van der Waals surface area contributed by atoms with Gasteiger partial charge in [0, 0.05) is 35.4 Å². The maximum absolute atomic E-state index is 12.7. The summed E-state index contributed by atoms with van der Waals surface area (Å²) in [6.45, 7) is 0. The number of hydrogen-bond donors (Lipinski definition) is 0. The maximum Gasteiger partial charge on any atom is 0.128 e. The maximum atomic E-state index is 12.7. The van der Waals surface area contributed by atoms with Crippen molar-refractivity contribution in [2.75, 3.05) is 0 Å². The minimum Gasteiger partial charge on any atom is -0.207 e. The van der Waals surface area contributed by atoms with Crippen LogP contribution in [0.3, 0.4) is 0 Å². The Morgan fingerprint density at radius 3 is 2.45 bits per heavy atom. The third kappa shape index (κ3) is 2.81. The van der Waals surface area contributed by atoms with Crippen molar-refractivity contribution in [2.24, 2.45) is 0 Å². The fraction of sp³-hybridized carbons (Fsp3) is 0.143. The van der Waals surface area contributed by atoms with Crippen LogP contribution in [0.15, 0.2) is 18.2 Å². The summed E-state index contributed by atoms with van der Waals surface area (Å²) in [5.74, 6) is -0.260. The van der Waals surface area contributed by atoms with Crippen LogP contribution in [0.5, 0.6) is 0 Å². The Morgan fingerprint density at radius 1 is 1.45 bits per heavy atom. The van der Waals surface area contributed by atoms with Crippen molar-refractivity contribution in [2.45, 2.75) is 5.33 Å². The van der Waals surface area contributed by atoms with Crippen molar-refractivity contribution < 1.29 is 23.9 Å². The summed E-state index contributed by atoms with van der Waals surface area (Å²) in [5, 5.41) is 0.926. The first-order chi connectivity index (χ1) is 4.75. The molecule has 0 unspecified atom stereocenters. The SMILES string of the molecule is Fc1cccc(Cl)c1CBr.[Zn]. The smallest absolute Gasteiger partial charge is 0.128 e. The molecule has 1 aromatic carbocycles. The largest absolute Gasteiger partial charge is 0.207 e. The van der Waals surface area contributed by atoms with Crippen LogP contribution in [0, 0.1) is 5.82 Å². The van der Waals surface area contributed by atoms with Gasteiger partial charge >= 0.3 is 0 Å². The van der Waals surface area contributed by atoms with E-state index in [2.05, 4.69) is 15.9 Å². The van der Waals surface area contributed by atoms with Gasteiger partial charge < -0.3 is 0 Å². The molecule has 0 bridgehead atoms. The zero-order valence-electron chi connectivity index (χ0n) is 5.78. The van der Waals surface area contributed by atoms with E-state index in [9.17, 15) is 4.39 Å². The van der Waals surface area contributed by atoms with Gasteiger partial charge in [0.25, 0.3) is 0 Å². The van der Waals surface area contributed by atoms with E-state index in [0.717, 1.165) is 0 Å². The molecule has 0 atom stereocenters. The monoisotopic (exact) mass is 286 g/mol. The van der Waals surface area contributed by atoms with Gasteiger partial charge in [-0.3, -0.25) is 0 Å². The molecule has 1 aromatic rings. The molecule has 1 rings (SSSR count). The molecule has 56 valence electrons. The first-order valence-electron chi connectivity index (χ1n) is 2.74. The molecule has 0 spiro atoms. The van der Waals surface area contributed by atoms with Crippen molar-refractivity contribution in [1.29, 1.82) is 0 Å². The van der Waals surface area contributed by atoms with E-state index in [1.807, 2.05) is 0 Å². The normalized spacial score (nSPS) is 9.00. The van der Waals surface area contributed by atoms with Crippen molar-refractivity contribution in [3.63, 3.8) is 0 Å². The Bertz CT molecular complexity index is 222. The number of rotatable bonds is 1. The molecule has 0 N–H and O–H groups in total. The van der Waals surface area contributed by atoms with Crippen LogP contribution in [0.2, 0.25) is 5.02 Å². The number of hydrogen-bond acceptors (Lipinski definition) is 0. The quantitative estimate of drug-likeness (QED) is 0.549. The summed E-state index contributed by atoms with van der Waals surface area (Å²) in [6, 6.07) is 4.65. The molecule has 0 amide bonds. The number of benzene rings is 1. The molecule has 0 heterocycles. The van der Waals surface area contributed by atoms with Crippen LogP contribution in [0.1, 0.15) is 5.56 Å². The molecule has 0 fully saturated rings. The second kappa shape index (κ2) is 5.24. The topological polar surface area (TPSA) is 0 Å². The minimum absolute atomic E-state index is 0. The molecule has 11 heavy (non-hydrogen) atoms. The number of alkyl halides is 1. The molecule has 0 aliphatic heterocycles. The average molecular weight is 289 g/mol. The van der Waals surface area contributed by atoms with Gasteiger partial charge in [-0.25, -0.2) is 4.39 Å². The Hall–Kier alpha value is 0.543. The van der Waals surface area contributed by atoms with Crippen LogP contribution >= 0.6 is 27.5 Å². The fourth-order valence-electron chi connectivity index (χ4n) is 0.660. The van der Waals surface area contributed by atoms with Crippen molar-refractivity contribution in [1.82, 2.24) is 0 Å². The minimum atomic E-state index is -0.260. The summed E-state index contributed by atoms with van der Waals surface area (Å²) < 4.78 is 12.7. The van der Waals surface area contributed by atoms with Crippen LogP contribution in [0.25, 0.3) is 0 Å². The molecule has 0 aliphatic carbocycles. The summed E-state index contributed by atoms with van der Waals surface area (Å²) in [7, 11) is 0. The van der Waals surface area contributed by atoms with Gasteiger partial charge in [-0.1, -0.05) is 33.6 Å². The average Bonchev–Trinajstić information content (AvgIpc) is 1.88. The molecule has 0 aromatic heterocycles. The third-order valence-corrected chi connectivity index (χ3v) is 2.11. The van der Waals surface area contributed by atoms with E-state index in [4.69, 9.17) is 11.6 Å². The predicted octanol–water partition coefficient (Wildman–Crippen LogP) is 3.37. The first-order valence-corrected chi connectivity index (χ1v) is 4.24. The second-order valence-electron chi connectivity index (χ2n) is 1.83. The third-order valence-electron chi connectivity index (χ3n) is 1.20. The Kier molecular flexibility index (Phi) is 5.49.